The van der Waals surface area contributed by atoms with Gasteiger partial charge in [-0.15, -0.1) is 11.8 Å². The molecule has 6 nitrogen and oxygen atoms in total. The number of thioether (sulfide) groups is 2. The van der Waals surface area contributed by atoms with E-state index in [0.29, 0.717) is 33.7 Å². The van der Waals surface area contributed by atoms with Crippen LogP contribution in [-0.2, 0) is 0 Å². The summed E-state index contributed by atoms with van der Waals surface area (Å²) in [6, 6.07) is 15.7. The van der Waals surface area contributed by atoms with Crippen molar-refractivity contribution in [1.29, 1.82) is 5.26 Å². The van der Waals surface area contributed by atoms with Crippen LogP contribution >= 0.6 is 23.5 Å². The molecule has 8 heteroatoms. The van der Waals surface area contributed by atoms with Crippen molar-refractivity contribution in [2.45, 2.75) is 10.1 Å². The molecule has 0 saturated carbocycles. The number of anilines is 2. The van der Waals surface area contributed by atoms with Crippen molar-refractivity contribution < 1.29 is 9.47 Å². The van der Waals surface area contributed by atoms with Crippen LogP contribution in [0, 0.1) is 11.3 Å². The fourth-order valence-electron chi connectivity index (χ4n) is 2.76. The van der Waals surface area contributed by atoms with Crippen molar-refractivity contribution in [3.05, 3.63) is 48.0 Å². The number of nitrogens with zero attached hydrogens (tertiary/aromatic N) is 3. The van der Waals surface area contributed by atoms with Gasteiger partial charge in [-0.1, -0.05) is 17.8 Å². The topological polar surface area (TPSA) is 80.1 Å². The molecule has 0 amide bonds. The van der Waals surface area contributed by atoms with Gasteiger partial charge in [-0.05, 0) is 48.9 Å². The van der Waals surface area contributed by atoms with Crippen LogP contribution in [0.1, 0.15) is 5.56 Å². The first kappa shape index (κ1) is 20.8. The summed E-state index contributed by atoms with van der Waals surface area (Å²) in [6.45, 7) is 0. The molecule has 0 radical (unpaired) electrons. The Morgan fingerprint density at radius 3 is 2.41 bits per heavy atom. The lowest BCUT2D eigenvalue weighted by atomic mass is 10.1. The summed E-state index contributed by atoms with van der Waals surface area (Å²) in [5.74, 6) is 1.65. The fourth-order valence-corrected chi connectivity index (χ4v) is 3.58. The van der Waals surface area contributed by atoms with E-state index >= 15 is 0 Å². The van der Waals surface area contributed by atoms with E-state index in [1.807, 2.05) is 48.9 Å². The van der Waals surface area contributed by atoms with E-state index in [0.717, 1.165) is 16.1 Å². The third kappa shape index (κ3) is 4.58. The minimum absolute atomic E-state index is 0.365. The molecule has 0 aliphatic rings. The zero-order chi connectivity index (χ0) is 20.8. The van der Waals surface area contributed by atoms with Crippen LogP contribution in [0.5, 0.6) is 11.5 Å². The highest BCUT2D eigenvalue weighted by Gasteiger charge is 2.18. The quantitative estimate of drug-likeness (QED) is 0.408. The summed E-state index contributed by atoms with van der Waals surface area (Å²) < 4.78 is 10.7. The Labute approximate surface area is 178 Å². The van der Waals surface area contributed by atoms with Gasteiger partial charge in [-0.2, -0.15) is 5.26 Å². The summed E-state index contributed by atoms with van der Waals surface area (Å²) in [4.78, 5) is 10.2. The molecule has 1 N–H and O–H groups in total. The van der Waals surface area contributed by atoms with Crippen LogP contribution in [0.25, 0.3) is 11.3 Å². The Bertz CT molecular complexity index is 1070. The summed E-state index contributed by atoms with van der Waals surface area (Å²) >= 11 is 3.07. The predicted octanol–water partition coefficient (Wildman–Crippen LogP) is 5.22. The highest BCUT2D eigenvalue weighted by Crippen LogP contribution is 2.35. The Morgan fingerprint density at radius 2 is 1.76 bits per heavy atom. The lowest BCUT2D eigenvalue weighted by molar-refractivity contribution is 0.355. The molecular formula is C21H20N4O2S2. The van der Waals surface area contributed by atoms with E-state index in [1.165, 1.54) is 11.8 Å². The first-order chi connectivity index (χ1) is 14.1. The van der Waals surface area contributed by atoms with Gasteiger partial charge in [0.15, 0.2) is 22.5 Å². The van der Waals surface area contributed by atoms with Gasteiger partial charge in [0.1, 0.15) is 11.6 Å². The van der Waals surface area contributed by atoms with Gasteiger partial charge in [0.25, 0.3) is 0 Å². The van der Waals surface area contributed by atoms with Gasteiger partial charge < -0.3 is 14.8 Å². The smallest absolute Gasteiger partial charge is 0.189 e. The molecular weight excluding hydrogens is 404 g/mol. The van der Waals surface area contributed by atoms with Crippen LogP contribution in [0.15, 0.2) is 52.5 Å². The van der Waals surface area contributed by atoms with E-state index in [-0.39, 0.29) is 0 Å². The number of hydrogen-bond acceptors (Lipinski definition) is 8. The summed E-state index contributed by atoms with van der Waals surface area (Å²) in [7, 11) is 3.16. The second-order valence-corrected chi connectivity index (χ2v) is 7.47. The van der Waals surface area contributed by atoms with Gasteiger partial charge in [0.2, 0.25) is 0 Å². The number of aromatic nitrogens is 2. The zero-order valence-electron chi connectivity index (χ0n) is 16.5. The summed E-state index contributed by atoms with van der Waals surface area (Å²) in [5.41, 5.74) is 2.51. The highest BCUT2D eigenvalue weighted by molar-refractivity contribution is 7.98. The zero-order valence-corrected chi connectivity index (χ0v) is 18.1. The van der Waals surface area contributed by atoms with Crippen LogP contribution < -0.4 is 14.8 Å². The highest BCUT2D eigenvalue weighted by atomic mass is 32.2. The van der Waals surface area contributed by atoms with Crippen molar-refractivity contribution in [3.8, 4) is 28.8 Å². The molecule has 1 aromatic heterocycles. The van der Waals surface area contributed by atoms with Crippen molar-refractivity contribution in [3.63, 3.8) is 0 Å². The number of hydrogen-bond donors (Lipinski definition) is 1. The second-order valence-electron chi connectivity index (χ2n) is 5.82. The first-order valence-corrected chi connectivity index (χ1v) is 11.1. The monoisotopic (exact) mass is 424 g/mol. The number of methoxy groups -OCH3 is 2. The van der Waals surface area contributed by atoms with Crippen LogP contribution in [0.3, 0.4) is 0 Å². The van der Waals surface area contributed by atoms with Crippen LogP contribution in [0.4, 0.5) is 11.5 Å². The third-order valence-corrected chi connectivity index (χ3v) is 5.45. The van der Waals surface area contributed by atoms with Crippen molar-refractivity contribution in [1.82, 2.24) is 9.97 Å². The molecule has 3 aromatic rings. The molecule has 148 valence electrons. The van der Waals surface area contributed by atoms with Crippen molar-refractivity contribution in [2.75, 3.05) is 32.0 Å². The maximum absolute atomic E-state index is 9.89. The van der Waals surface area contributed by atoms with E-state index in [9.17, 15) is 5.26 Å². The van der Waals surface area contributed by atoms with Gasteiger partial charge in [0.05, 0.1) is 19.9 Å². The van der Waals surface area contributed by atoms with E-state index < -0.39 is 0 Å². The maximum atomic E-state index is 9.89. The third-order valence-electron chi connectivity index (χ3n) is 4.17. The number of ether oxygens (including phenoxy) is 2. The summed E-state index contributed by atoms with van der Waals surface area (Å²) in [5, 5.41) is 13.7. The number of rotatable bonds is 7. The molecule has 0 aliphatic heterocycles. The normalized spacial score (nSPS) is 10.3. The Hall–Kier alpha value is -2.89. The van der Waals surface area contributed by atoms with E-state index in [2.05, 4.69) is 21.4 Å². The van der Waals surface area contributed by atoms with Crippen molar-refractivity contribution in [2.24, 2.45) is 0 Å². The first-order valence-electron chi connectivity index (χ1n) is 8.63. The molecule has 0 spiro atoms. The number of nitrogens with one attached hydrogen (secondary N) is 1. The molecule has 0 saturated heterocycles. The predicted molar refractivity (Wildman–Crippen MR) is 119 cm³/mol. The molecule has 2 aromatic carbocycles. The molecule has 0 unspecified atom stereocenters. The second kappa shape index (κ2) is 9.54. The van der Waals surface area contributed by atoms with Gasteiger partial charge in [0, 0.05) is 16.1 Å². The minimum atomic E-state index is 0.365. The Kier molecular flexibility index (Phi) is 6.86. The van der Waals surface area contributed by atoms with E-state index in [4.69, 9.17) is 9.47 Å². The van der Waals surface area contributed by atoms with Gasteiger partial charge >= 0.3 is 0 Å². The Balaban J connectivity index is 2.13. The molecule has 0 bridgehead atoms. The fraction of sp³-hybridized carbons (Fsp3) is 0.190. The van der Waals surface area contributed by atoms with Gasteiger partial charge in [-0.3, -0.25) is 0 Å². The van der Waals surface area contributed by atoms with Crippen LogP contribution in [0.2, 0.25) is 0 Å². The lowest BCUT2D eigenvalue weighted by Crippen LogP contribution is -2.03. The SMILES string of the molecule is COc1ccc(-c2nc(SC)nc(Nc3cccc(SC)c3)c2C#N)cc1OC. The number of nitriles is 1. The largest absolute Gasteiger partial charge is 0.493 e. The minimum Gasteiger partial charge on any atom is -0.493 e. The van der Waals surface area contributed by atoms with Gasteiger partial charge in [-0.25, -0.2) is 9.97 Å². The lowest BCUT2D eigenvalue weighted by Gasteiger charge is -2.14. The standard InChI is InChI=1S/C21H20N4O2S2/c1-26-17-9-8-13(10-18(17)27-2)19-16(12-22)20(25-21(24-19)29-4)23-14-6-5-7-15(11-14)28-3/h5-11H,1-4H3,(H,23,24,25). The molecule has 0 aliphatic carbocycles. The van der Waals surface area contributed by atoms with E-state index in [1.54, 1.807) is 32.0 Å². The maximum Gasteiger partial charge on any atom is 0.189 e. The molecule has 1 heterocycles. The average Bonchev–Trinajstić information content (AvgIpc) is 2.78. The molecule has 29 heavy (non-hydrogen) atoms. The van der Waals surface area contributed by atoms with Crippen molar-refractivity contribution >= 4 is 35.0 Å². The molecule has 0 fully saturated rings. The number of benzene rings is 2. The summed E-state index contributed by atoms with van der Waals surface area (Å²) in [6.07, 6.45) is 3.92. The Morgan fingerprint density at radius 1 is 0.966 bits per heavy atom. The average molecular weight is 425 g/mol. The molecule has 3 rings (SSSR count). The van der Waals surface area contributed by atoms with Crippen LogP contribution in [-0.4, -0.2) is 36.7 Å². The molecule has 0 atom stereocenters.